The van der Waals surface area contributed by atoms with Crippen molar-refractivity contribution in [3.8, 4) is 0 Å². The lowest BCUT2D eigenvalue weighted by Crippen LogP contribution is -2.49. The molecule has 3 amide bonds. The third-order valence-corrected chi connectivity index (χ3v) is 10.6. The van der Waals surface area contributed by atoms with E-state index in [4.69, 9.17) is 0 Å². The van der Waals surface area contributed by atoms with E-state index in [9.17, 15) is 27.2 Å². The highest BCUT2D eigenvalue weighted by Crippen LogP contribution is 2.28. The van der Waals surface area contributed by atoms with Crippen LogP contribution in [0.2, 0.25) is 0 Å². The number of aromatic nitrogens is 1. The molecule has 0 spiro atoms. The van der Waals surface area contributed by atoms with Crippen LogP contribution >= 0.6 is 11.3 Å². The lowest BCUT2D eigenvalue weighted by molar-refractivity contribution is -0.122. The molecule has 0 bridgehead atoms. The second-order valence-electron chi connectivity index (χ2n) is 12.0. The first-order valence-electron chi connectivity index (χ1n) is 15.9. The molecule has 1 aliphatic carbocycles. The number of thiazole rings is 1. The van der Waals surface area contributed by atoms with Gasteiger partial charge in [-0.25, -0.2) is 17.8 Å². The Morgan fingerprint density at radius 3 is 2.33 bits per heavy atom. The number of amides is 3. The van der Waals surface area contributed by atoms with E-state index < -0.39 is 39.7 Å². The molecule has 4 aromatic rings. The zero-order chi connectivity index (χ0) is 35.0. The first-order valence-corrected chi connectivity index (χ1v) is 18.3. The molecule has 1 aromatic heterocycles. The Balaban J connectivity index is 1.40. The van der Waals surface area contributed by atoms with Crippen LogP contribution in [-0.2, 0) is 27.8 Å². The van der Waals surface area contributed by atoms with Gasteiger partial charge in [-0.15, -0.1) is 11.3 Å². The maximum atomic E-state index is 13.9. The Hall–Kier alpha value is -4.66. The van der Waals surface area contributed by atoms with Gasteiger partial charge in [0.15, 0.2) is 0 Å². The number of carbonyl (C=O) groups excluding carboxylic acids is 3. The molecular weight excluding hydrogens is 668 g/mol. The molecule has 0 unspecified atom stereocenters. The number of rotatable bonds is 16. The molecule has 0 saturated heterocycles. The number of nitrogens with one attached hydrogen (secondary N) is 4. The summed E-state index contributed by atoms with van der Waals surface area (Å²) in [7, 11) is -2.90. The van der Waals surface area contributed by atoms with E-state index >= 15 is 0 Å². The molecule has 0 aliphatic heterocycles. The number of nitrogens with zero attached hydrogens (tertiary/aromatic N) is 2. The molecule has 0 radical (unpaired) electrons. The quantitative estimate of drug-likeness (QED) is 0.138. The number of hydrogen-bond donors (Lipinski definition) is 4. The lowest BCUT2D eigenvalue weighted by Gasteiger charge is -2.24. The minimum Gasteiger partial charge on any atom is -0.354 e. The second-order valence-corrected chi connectivity index (χ2v) is 14.7. The predicted molar refractivity (Wildman–Crippen MR) is 186 cm³/mol. The zero-order valence-electron chi connectivity index (χ0n) is 27.2. The normalized spacial score (nSPS) is 14.0. The summed E-state index contributed by atoms with van der Waals surface area (Å²) in [5.74, 6) is -1.25. The van der Waals surface area contributed by atoms with Crippen LogP contribution in [0.3, 0.4) is 0 Å². The number of benzene rings is 3. The number of sulfonamides is 1. The van der Waals surface area contributed by atoms with Gasteiger partial charge in [-0.1, -0.05) is 30.3 Å². The molecule has 258 valence electrons. The zero-order valence-corrected chi connectivity index (χ0v) is 28.8. The fraction of sp³-hybridized carbons (Fsp3) is 0.314. The summed E-state index contributed by atoms with van der Waals surface area (Å²) in [6.45, 7) is 2.81. The molecule has 4 N–H and O–H groups in total. The van der Waals surface area contributed by atoms with Crippen molar-refractivity contribution in [2.75, 3.05) is 24.4 Å². The molecule has 5 rings (SSSR count). The monoisotopic (exact) mass is 706 g/mol. The van der Waals surface area contributed by atoms with Gasteiger partial charge in [0.2, 0.25) is 5.91 Å². The van der Waals surface area contributed by atoms with E-state index in [0.29, 0.717) is 24.6 Å². The average molecular weight is 707 g/mol. The molecule has 2 atom stereocenters. The van der Waals surface area contributed by atoms with E-state index in [1.807, 2.05) is 30.3 Å². The van der Waals surface area contributed by atoms with Crippen LogP contribution in [0.5, 0.6) is 0 Å². The second kappa shape index (κ2) is 16.2. The van der Waals surface area contributed by atoms with Crippen molar-refractivity contribution in [1.29, 1.82) is 0 Å². The van der Waals surface area contributed by atoms with Gasteiger partial charge in [0.25, 0.3) is 21.8 Å². The smallest absolute Gasteiger partial charge is 0.264 e. The first kappa shape index (κ1) is 35.6. The maximum Gasteiger partial charge on any atom is 0.264 e. The van der Waals surface area contributed by atoms with Crippen LogP contribution in [0.4, 0.5) is 10.1 Å². The van der Waals surface area contributed by atoms with Crippen molar-refractivity contribution in [2.45, 2.75) is 49.7 Å². The van der Waals surface area contributed by atoms with Crippen LogP contribution in [0, 0.1) is 11.7 Å². The number of halogens is 1. The van der Waals surface area contributed by atoms with Crippen LogP contribution in [0.15, 0.2) is 88.6 Å². The Bertz CT molecular complexity index is 1850. The predicted octanol–water partition coefficient (Wildman–Crippen LogP) is 3.88. The van der Waals surface area contributed by atoms with Gasteiger partial charge in [0, 0.05) is 42.7 Å². The topological polar surface area (TPSA) is 150 Å². The maximum absolute atomic E-state index is 13.9. The largest absolute Gasteiger partial charge is 0.354 e. The summed E-state index contributed by atoms with van der Waals surface area (Å²) >= 11 is 1.38. The summed E-state index contributed by atoms with van der Waals surface area (Å²) < 4.78 is 41.5. The van der Waals surface area contributed by atoms with Gasteiger partial charge < -0.3 is 21.3 Å². The van der Waals surface area contributed by atoms with Gasteiger partial charge in [-0.2, -0.15) is 0 Å². The van der Waals surface area contributed by atoms with E-state index in [1.54, 1.807) is 17.8 Å². The minimum atomic E-state index is -4.19. The highest BCUT2D eigenvalue weighted by atomic mass is 32.2. The van der Waals surface area contributed by atoms with E-state index in [0.717, 1.165) is 47.0 Å². The Morgan fingerprint density at radius 2 is 1.67 bits per heavy atom. The van der Waals surface area contributed by atoms with Gasteiger partial charge in [-0.05, 0) is 80.1 Å². The standard InChI is InChI=1S/C35H39FN6O5S2/c1-23(33(43)38-18-25-8-9-25)37-19-29(14-24-6-4-3-5-7-24)41-35(45)27-15-26(34(44)39-20-30-21-48-22-40-30)16-31(17-27)42(2)49(46,47)32-12-10-28(36)11-13-32/h3-7,10-13,15-17,21-23,25,29,37H,8-9,14,18-20H2,1-2H3,(H,38,43)(H,39,44)(H,41,45)/t23-,29-/m0/s1. The molecule has 1 aliphatic rings. The van der Waals surface area contributed by atoms with E-state index in [1.165, 1.54) is 36.6 Å². The molecule has 3 aromatic carbocycles. The van der Waals surface area contributed by atoms with Crippen LogP contribution in [0.1, 0.15) is 51.7 Å². The lowest BCUT2D eigenvalue weighted by atomic mass is 10.0. The summed E-state index contributed by atoms with van der Waals surface area (Å²) in [6.07, 6.45) is 2.69. The number of hydrogen-bond acceptors (Lipinski definition) is 8. The highest BCUT2D eigenvalue weighted by Gasteiger charge is 2.26. The van der Waals surface area contributed by atoms with Crippen molar-refractivity contribution in [3.63, 3.8) is 0 Å². The Kier molecular flexibility index (Phi) is 11.8. The molecule has 14 heteroatoms. The Morgan fingerprint density at radius 1 is 0.980 bits per heavy atom. The number of anilines is 1. The molecule has 11 nitrogen and oxygen atoms in total. The van der Waals surface area contributed by atoms with Crippen molar-refractivity contribution in [1.82, 2.24) is 26.3 Å². The summed E-state index contributed by atoms with van der Waals surface area (Å²) in [4.78, 5) is 43.9. The fourth-order valence-electron chi connectivity index (χ4n) is 5.03. The summed E-state index contributed by atoms with van der Waals surface area (Å²) in [6, 6.07) is 17.1. The third kappa shape index (κ3) is 9.94. The third-order valence-electron chi connectivity index (χ3n) is 8.18. The van der Waals surface area contributed by atoms with Crippen molar-refractivity contribution >= 4 is 44.8 Å². The number of carbonyl (C=O) groups is 3. The van der Waals surface area contributed by atoms with Gasteiger partial charge in [0.1, 0.15) is 5.82 Å². The SMILES string of the molecule is C[C@H](NC[C@H](Cc1ccccc1)NC(=O)c1cc(C(=O)NCc2cscn2)cc(N(C)S(=O)(=O)c2ccc(F)cc2)c1)C(=O)NCC1CC1. The van der Waals surface area contributed by atoms with Crippen molar-refractivity contribution in [2.24, 2.45) is 5.92 Å². The molecular formula is C35H39FN6O5S2. The van der Waals surface area contributed by atoms with Crippen LogP contribution in [0.25, 0.3) is 0 Å². The molecule has 49 heavy (non-hydrogen) atoms. The van der Waals surface area contributed by atoms with E-state index in [2.05, 4.69) is 26.3 Å². The first-order chi connectivity index (χ1) is 23.5. The van der Waals surface area contributed by atoms with Crippen molar-refractivity contribution < 1.29 is 27.2 Å². The van der Waals surface area contributed by atoms with Crippen molar-refractivity contribution in [3.05, 3.63) is 112 Å². The van der Waals surface area contributed by atoms with E-state index in [-0.39, 0.29) is 40.7 Å². The Labute approximate surface area is 289 Å². The highest BCUT2D eigenvalue weighted by molar-refractivity contribution is 7.92. The fourth-order valence-corrected chi connectivity index (χ4v) is 6.77. The minimum absolute atomic E-state index is 0.0470. The van der Waals surface area contributed by atoms with Gasteiger partial charge >= 0.3 is 0 Å². The van der Waals surface area contributed by atoms with Gasteiger partial charge in [-0.3, -0.25) is 18.7 Å². The summed E-state index contributed by atoms with van der Waals surface area (Å²) in [5.41, 5.74) is 3.40. The average Bonchev–Trinajstić information content (AvgIpc) is 3.79. The summed E-state index contributed by atoms with van der Waals surface area (Å²) in [5, 5.41) is 13.8. The van der Waals surface area contributed by atoms with Crippen LogP contribution < -0.4 is 25.6 Å². The van der Waals surface area contributed by atoms with Crippen LogP contribution in [-0.4, -0.2) is 63.3 Å². The molecule has 1 heterocycles. The molecule has 1 fully saturated rings. The molecule has 1 saturated carbocycles. The van der Waals surface area contributed by atoms with Gasteiger partial charge in [0.05, 0.1) is 34.4 Å².